The fourth-order valence-electron chi connectivity index (χ4n) is 9.68. The molecule has 3 heteroatoms. The van der Waals surface area contributed by atoms with Gasteiger partial charge in [-0.1, -0.05) is 159 Å². The standard InChI is InChI=1S/C55H37NO2/c1-55(2)46-25-13-11-20-38(46)39-29-28-37(32-47(39)55)56(48-26-15-24-43-41-22-12-14-27-50(41)57-54(43)48)49-33-45-52-44(35-18-7-4-8-19-35)30-36(34-16-5-3-6-17-34)31-51(52)58-53(45)42-23-10-9-21-40(42)49/h3-33H,1-2H3. The van der Waals surface area contributed by atoms with Gasteiger partial charge in [-0.3, -0.25) is 0 Å². The molecule has 58 heavy (non-hydrogen) atoms. The number of para-hydroxylation sites is 2. The van der Waals surface area contributed by atoms with Crippen molar-refractivity contribution in [1.29, 1.82) is 0 Å². The van der Waals surface area contributed by atoms with Gasteiger partial charge in [0.2, 0.25) is 0 Å². The van der Waals surface area contributed by atoms with E-state index in [1.165, 1.54) is 22.3 Å². The molecule has 2 aromatic heterocycles. The first-order valence-electron chi connectivity index (χ1n) is 20.0. The van der Waals surface area contributed by atoms with Crippen molar-refractivity contribution in [2.75, 3.05) is 4.90 Å². The second-order valence-corrected chi connectivity index (χ2v) is 16.0. The molecule has 1 aliphatic rings. The lowest BCUT2D eigenvalue weighted by Gasteiger charge is -2.29. The first kappa shape index (κ1) is 32.8. The summed E-state index contributed by atoms with van der Waals surface area (Å²) in [5.41, 5.74) is 16.2. The van der Waals surface area contributed by atoms with Gasteiger partial charge in [0, 0.05) is 43.4 Å². The van der Waals surface area contributed by atoms with Crippen molar-refractivity contribution in [2.45, 2.75) is 19.3 Å². The van der Waals surface area contributed by atoms with Crippen LogP contribution in [0, 0.1) is 0 Å². The second-order valence-electron chi connectivity index (χ2n) is 16.0. The zero-order chi connectivity index (χ0) is 38.5. The van der Waals surface area contributed by atoms with E-state index in [-0.39, 0.29) is 5.41 Å². The van der Waals surface area contributed by atoms with Gasteiger partial charge in [0.15, 0.2) is 5.58 Å². The zero-order valence-electron chi connectivity index (χ0n) is 32.2. The molecule has 2 heterocycles. The highest BCUT2D eigenvalue weighted by atomic mass is 16.3. The summed E-state index contributed by atoms with van der Waals surface area (Å²) in [7, 11) is 0. The Morgan fingerprint density at radius 3 is 1.84 bits per heavy atom. The van der Waals surface area contributed by atoms with Gasteiger partial charge in [-0.15, -0.1) is 0 Å². The molecular weight excluding hydrogens is 707 g/mol. The van der Waals surface area contributed by atoms with Crippen LogP contribution in [0.5, 0.6) is 0 Å². The van der Waals surface area contributed by atoms with Crippen molar-refractivity contribution in [1.82, 2.24) is 0 Å². The van der Waals surface area contributed by atoms with Crippen molar-refractivity contribution < 1.29 is 8.83 Å². The molecule has 0 bridgehead atoms. The lowest BCUT2D eigenvalue weighted by Crippen LogP contribution is -2.16. The highest BCUT2D eigenvalue weighted by Gasteiger charge is 2.36. The van der Waals surface area contributed by atoms with E-state index in [0.29, 0.717) is 0 Å². The summed E-state index contributed by atoms with van der Waals surface area (Å²) in [6.07, 6.45) is 0. The molecule has 0 unspecified atom stereocenters. The van der Waals surface area contributed by atoms with Crippen LogP contribution >= 0.6 is 0 Å². The van der Waals surface area contributed by atoms with Crippen LogP contribution in [0.2, 0.25) is 0 Å². The lowest BCUT2D eigenvalue weighted by molar-refractivity contribution is 0.660. The maximum Gasteiger partial charge on any atom is 0.159 e. The molecule has 0 saturated carbocycles. The van der Waals surface area contributed by atoms with E-state index >= 15 is 0 Å². The molecule has 11 aromatic rings. The van der Waals surface area contributed by atoms with Crippen LogP contribution in [0.25, 0.3) is 88.0 Å². The molecule has 0 fully saturated rings. The molecule has 0 atom stereocenters. The van der Waals surface area contributed by atoms with E-state index in [1.807, 2.05) is 6.07 Å². The van der Waals surface area contributed by atoms with Crippen LogP contribution in [-0.4, -0.2) is 0 Å². The normalized spacial score (nSPS) is 13.1. The summed E-state index contributed by atoms with van der Waals surface area (Å²) < 4.78 is 13.9. The van der Waals surface area contributed by atoms with Gasteiger partial charge in [-0.25, -0.2) is 0 Å². The molecule has 1 aliphatic carbocycles. The van der Waals surface area contributed by atoms with Crippen molar-refractivity contribution in [2.24, 2.45) is 0 Å². The highest BCUT2D eigenvalue weighted by Crippen LogP contribution is 2.53. The third kappa shape index (κ3) is 4.74. The molecule has 0 spiro atoms. The van der Waals surface area contributed by atoms with E-state index in [1.54, 1.807) is 0 Å². The Labute approximate surface area is 336 Å². The molecule has 0 amide bonds. The fraction of sp³-hybridized carbons (Fsp3) is 0.0545. The van der Waals surface area contributed by atoms with Crippen LogP contribution in [0.15, 0.2) is 197 Å². The van der Waals surface area contributed by atoms with E-state index in [2.05, 4.69) is 201 Å². The van der Waals surface area contributed by atoms with Crippen molar-refractivity contribution in [3.8, 4) is 33.4 Å². The maximum absolute atomic E-state index is 7.03. The van der Waals surface area contributed by atoms with Crippen LogP contribution in [0.4, 0.5) is 17.1 Å². The van der Waals surface area contributed by atoms with E-state index < -0.39 is 0 Å². The maximum atomic E-state index is 7.03. The summed E-state index contributed by atoms with van der Waals surface area (Å²) in [6.45, 7) is 4.69. The minimum absolute atomic E-state index is 0.174. The predicted molar refractivity (Wildman–Crippen MR) is 242 cm³/mol. The lowest BCUT2D eigenvalue weighted by atomic mass is 9.82. The Morgan fingerprint density at radius 2 is 1.02 bits per heavy atom. The van der Waals surface area contributed by atoms with Crippen LogP contribution < -0.4 is 4.90 Å². The zero-order valence-corrected chi connectivity index (χ0v) is 32.2. The molecule has 9 aromatic carbocycles. The van der Waals surface area contributed by atoms with Gasteiger partial charge in [-0.05, 0) is 87.0 Å². The number of hydrogen-bond donors (Lipinski definition) is 0. The minimum Gasteiger partial charge on any atom is -0.455 e. The minimum atomic E-state index is -0.174. The van der Waals surface area contributed by atoms with Gasteiger partial charge < -0.3 is 13.7 Å². The van der Waals surface area contributed by atoms with Gasteiger partial charge >= 0.3 is 0 Å². The third-order valence-electron chi connectivity index (χ3n) is 12.4. The van der Waals surface area contributed by atoms with Crippen molar-refractivity contribution in [3.63, 3.8) is 0 Å². The van der Waals surface area contributed by atoms with Gasteiger partial charge in [0.05, 0.1) is 11.4 Å². The van der Waals surface area contributed by atoms with Gasteiger partial charge in [0.25, 0.3) is 0 Å². The third-order valence-corrected chi connectivity index (χ3v) is 12.4. The molecule has 3 nitrogen and oxygen atoms in total. The first-order valence-corrected chi connectivity index (χ1v) is 20.0. The number of rotatable bonds is 5. The second kappa shape index (κ2) is 12.3. The van der Waals surface area contributed by atoms with E-state index in [0.717, 1.165) is 94.0 Å². The SMILES string of the molecule is CC1(C)c2ccccc2-c2ccc(N(c3cc4c(oc5cc(-c6ccccc6)cc(-c6ccccc6)c54)c4ccccc34)c3cccc4c3oc3ccccc34)cc21. The van der Waals surface area contributed by atoms with Crippen LogP contribution in [0.1, 0.15) is 25.0 Å². The van der Waals surface area contributed by atoms with E-state index in [9.17, 15) is 0 Å². The van der Waals surface area contributed by atoms with Crippen LogP contribution in [0.3, 0.4) is 0 Å². The topological polar surface area (TPSA) is 29.5 Å². The van der Waals surface area contributed by atoms with Gasteiger partial charge in [-0.2, -0.15) is 0 Å². The monoisotopic (exact) mass is 743 g/mol. The summed E-state index contributed by atoms with van der Waals surface area (Å²) in [6, 6.07) is 67.6. The van der Waals surface area contributed by atoms with Crippen molar-refractivity contribution in [3.05, 3.63) is 199 Å². The van der Waals surface area contributed by atoms with Gasteiger partial charge in [0.1, 0.15) is 16.7 Å². The Kier molecular flexibility index (Phi) is 6.98. The molecule has 0 aliphatic heterocycles. The summed E-state index contributed by atoms with van der Waals surface area (Å²) in [5, 5.41) is 6.51. The fourth-order valence-corrected chi connectivity index (χ4v) is 9.68. The Balaban J connectivity index is 1.19. The van der Waals surface area contributed by atoms with Crippen molar-refractivity contribution >= 4 is 71.7 Å². The summed E-state index contributed by atoms with van der Waals surface area (Å²) >= 11 is 0. The summed E-state index contributed by atoms with van der Waals surface area (Å²) in [5.74, 6) is 0. The highest BCUT2D eigenvalue weighted by molar-refractivity contribution is 6.23. The van der Waals surface area contributed by atoms with Crippen LogP contribution in [-0.2, 0) is 5.41 Å². The van der Waals surface area contributed by atoms with E-state index in [4.69, 9.17) is 8.83 Å². The molecule has 0 radical (unpaired) electrons. The molecule has 12 rings (SSSR count). The number of benzene rings is 9. The molecular formula is C55H37NO2. The predicted octanol–water partition coefficient (Wildman–Crippen LogP) is 15.7. The number of nitrogens with zero attached hydrogens (tertiary/aromatic N) is 1. The molecule has 0 saturated heterocycles. The largest absolute Gasteiger partial charge is 0.455 e. The number of anilines is 3. The first-order chi connectivity index (χ1) is 28.5. The smallest absolute Gasteiger partial charge is 0.159 e. The summed E-state index contributed by atoms with van der Waals surface area (Å²) in [4.78, 5) is 2.42. The molecule has 0 N–H and O–H groups in total. The Bertz CT molecular complexity index is 3430. The molecule has 274 valence electrons. The average molecular weight is 744 g/mol. The Hall–Kier alpha value is -7.36. The number of furan rings is 2. The average Bonchev–Trinajstić information content (AvgIpc) is 3.92. The number of fused-ring (bicyclic) bond motifs is 11. The Morgan fingerprint density at radius 1 is 0.379 bits per heavy atom. The quantitative estimate of drug-likeness (QED) is 0.176. The number of hydrogen-bond acceptors (Lipinski definition) is 3.